The van der Waals surface area contributed by atoms with E-state index in [2.05, 4.69) is 15.6 Å². The summed E-state index contributed by atoms with van der Waals surface area (Å²) in [6.45, 7) is 2.23. The third kappa shape index (κ3) is 4.82. The van der Waals surface area contributed by atoms with E-state index in [4.69, 9.17) is 11.1 Å². The van der Waals surface area contributed by atoms with Gasteiger partial charge in [0.05, 0.1) is 11.3 Å². The Morgan fingerprint density at radius 2 is 1.97 bits per heavy atom. The highest BCUT2D eigenvalue weighted by atomic mass is 16.2. The average Bonchev–Trinajstić information content (AvgIpc) is 3.15. The summed E-state index contributed by atoms with van der Waals surface area (Å²) in [5.74, 6) is -0.635. The zero-order chi connectivity index (χ0) is 23.3. The molecule has 1 heterocycles. The van der Waals surface area contributed by atoms with Crippen LogP contribution < -0.4 is 21.3 Å². The number of rotatable bonds is 7. The van der Waals surface area contributed by atoms with Crippen LogP contribution in [0.5, 0.6) is 0 Å². The first-order valence-corrected chi connectivity index (χ1v) is 10.9. The van der Waals surface area contributed by atoms with E-state index in [0.29, 0.717) is 23.1 Å². The van der Waals surface area contributed by atoms with Gasteiger partial charge >= 0.3 is 0 Å². The molecule has 0 spiro atoms. The molecular formula is C23H30N6O3. The predicted octanol–water partition coefficient (Wildman–Crippen LogP) is 2.89. The predicted molar refractivity (Wildman–Crippen MR) is 126 cm³/mol. The first-order valence-electron chi connectivity index (χ1n) is 10.9. The standard InChI is InChI=1S/C23H30N6O3/c1-3-26-22(31)19-16-10-9-15(29(2)23(32)14-7-5-4-6-8-14)13-18(16)27-20(19)28-21(30)17(25)11-12-24/h9-14,24,27H,3-8,25H2,1-2H3,(H,26,31)(H,28,30)/b17-11-,24-12?. The molecule has 1 aliphatic carbocycles. The van der Waals surface area contributed by atoms with E-state index in [1.54, 1.807) is 37.1 Å². The zero-order valence-electron chi connectivity index (χ0n) is 18.5. The van der Waals surface area contributed by atoms with Crippen molar-refractivity contribution in [3.63, 3.8) is 0 Å². The fourth-order valence-corrected chi connectivity index (χ4v) is 4.07. The number of aromatic nitrogens is 1. The molecule has 9 nitrogen and oxygen atoms in total. The molecule has 1 aromatic carbocycles. The van der Waals surface area contributed by atoms with Gasteiger partial charge in [0.15, 0.2) is 0 Å². The first-order chi connectivity index (χ1) is 15.4. The van der Waals surface area contributed by atoms with Crippen LogP contribution in [-0.2, 0) is 9.59 Å². The molecule has 1 fully saturated rings. The van der Waals surface area contributed by atoms with Crippen molar-refractivity contribution in [2.75, 3.05) is 23.8 Å². The molecule has 0 unspecified atom stereocenters. The molecule has 0 atom stereocenters. The highest BCUT2D eigenvalue weighted by Crippen LogP contribution is 2.32. The lowest BCUT2D eigenvalue weighted by atomic mass is 9.88. The molecule has 0 bridgehead atoms. The van der Waals surface area contributed by atoms with Gasteiger partial charge in [0.25, 0.3) is 11.8 Å². The fraction of sp³-hybridized carbons (Fsp3) is 0.391. The van der Waals surface area contributed by atoms with Crippen molar-refractivity contribution in [1.82, 2.24) is 10.3 Å². The van der Waals surface area contributed by atoms with Gasteiger partial charge in [0.1, 0.15) is 5.82 Å². The van der Waals surface area contributed by atoms with Crippen LogP contribution in [0.15, 0.2) is 30.0 Å². The number of amides is 3. The van der Waals surface area contributed by atoms with Crippen molar-refractivity contribution in [1.29, 1.82) is 5.41 Å². The number of hydrogen-bond acceptors (Lipinski definition) is 5. The molecule has 1 aliphatic rings. The highest BCUT2D eigenvalue weighted by Gasteiger charge is 2.26. The second-order valence-corrected chi connectivity index (χ2v) is 7.94. The maximum Gasteiger partial charge on any atom is 0.272 e. The molecule has 170 valence electrons. The van der Waals surface area contributed by atoms with Crippen molar-refractivity contribution in [2.24, 2.45) is 11.7 Å². The summed E-state index contributed by atoms with van der Waals surface area (Å²) in [6, 6.07) is 5.36. The van der Waals surface area contributed by atoms with Crippen LogP contribution in [0.25, 0.3) is 10.9 Å². The van der Waals surface area contributed by atoms with Crippen LogP contribution in [0.3, 0.4) is 0 Å². The summed E-state index contributed by atoms with van der Waals surface area (Å²) < 4.78 is 0. The van der Waals surface area contributed by atoms with Crippen LogP contribution >= 0.6 is 0 Å². The van der Waals surface area contributed by atoms with Crippen LogP contribution in [0.4, 0.5) is 11.5 Å². The van der Waals surface area contributed by atoms with Crippen LogP contribution in [-0.4, -0.2) is 42.5 Å². The topological polar surface area (TPSA) is 144 Å². The lowest BCUT2D eigenvalue weighted by molar-refractivity contribution is -0.123. The minimum Gasteiger partial charge on any atom is -0.394 e. The summed E-state index contributed by atoms with van der Waals surface area (Å²) >= 11 is 0. The van der Waals surface area contributed by atoms with E-state index < -0.39 is 5.91 Å². The van der Waals surface area contributed by atoms with Crippen LogP contribution in [0.1, 0.15) is 49.4 Å². The third-order valence-corrected chi connectivity index (χ3v) is 5.78. The van der Waals surface area contributed by atoms with E-state index in [9.17, 15) is 14.4 Å². The van der Waals surface area contributed by atoms with Crippen molar-refractivity contribution in [3.05, 3.63) is 35.5 Å². The van der Waals surface area contributed by atoms with Crippen LogP contribution in [0, 0.1) is 11.3 Å². The number of nitrogens with zero attached hydrogens (tertiary/aromatic N) is 1. The Balaban J connectivity index is 1.96. The van der Waals surface area contributed by atoms with Gasteiger partial charge in [-0.15, -0.1) is 0 Å². The van der Waals surface area contributed by atoms with Gasteiger partial charge in [-0.1, -0.05) is 19.3 Å². The number of anilines is 2. The lowest BCUT2D eigenvalue weighted by Crippen LogP contribution is -2.33. The highest BCUT2D eigenvalue weighted by molar-refractivity contribution is 6.16. The summed E-state index contributed by atoms with van der Waals surface area (Å²) in [7, 11) is 1.76. The van der Waals surface area contributed by atoms with Gasteiger partial charge in [-0.3, -0.25) is 14.4 Å². The lowest BCUT2D eigenvalue weighted by Gasteiger charge is -2.26. The Labute approximate surface area is 186 Å². The Morgan fingerprint density at radius 3 is 2.62 bits per heavy atom. The van der Waals surface area contributed by atoms with E-state index in [0.717, 1.165) is 38.0 Å². The second-order valence-electron chi connectivity index (χ2n) is 7.94. The zero-order valence-corrected chi connectivity index (χ0v) is 18.5. The van der Waals surface area contributed by atoms with E-state index >= 15 is 0 Å². The number of carbonyl (C=O) groups excluding carboxylic acids is 3. The Kier molecular flexibility index (Phi) is 7.29. The Hall–Kier alpha value is -3.62. The quantitative estimate of drug-likeness (QED) is 0.334. The monoisotopic (exact) mass is 438 g/mol. The number of carbonyl (C=O) groups is 3. The fourth-order valence-electron chi connectivity index (χ4n) is 4.07. The molecule has 32 heavy (non-hydrogen) atoms. The maximum atomic E-state index is 12.9. The molecular weight excluding hydrogens is 408 g/mol. The number of hydrogen-bond donors (Lipinski definition) is 5. The van der Waals surface area contributed by atoms with Gasteiger partial charge < -0.3 is 31.7 Å². The maximum absolute atomic E-state index is 12.9. The summed E-state index contributed by atoms with van der Waals surface area (Å²) in [5, 5.41) is 13.0. The van der Waals surface area contributed by atoms with Crippen molar-refractivity contribution < 1.29 is 14.4 Å². The number of nitrogens with two attached hydrogens (primary N) is 1. The number of benzene rings is 1. The smallest absolute Gasteiger partial charge is 0.272 e. The molecule has 0 radical (unpaired) electrons. The Bertz CT molecular complexity index is 1070. The first kappa shape index (κ1) is 23.1. The number of nitrogens with one attached hydrogen (secondary N) is 4. The normalized spacial score (nSPS) is 14.8. The van der Waals surface area contributed by atoms with E-state index in [-0.39, 0.29) is 34.8 Å². The second kappa shape index (κ2) is 10.1. The average molecular weight is 439 g/mol. The number of fused-ring (bicyclic) bond motifs is 1. The van der Waals surface area contributed by atoms with Gasteiger partial charge in [-0.2, -0.15) is 0 Å². The number of aromatic amines is 1. The number of allylic oxidation sites excluding steroid dienone is 1. The van der Waals surface area contributed by atoms with Gasteiger partial charge in [0.2, 0.25) is 5.91 Å². The minimum atomic E-state index is -0.629. The molecule has 1 saturated carbocycles. The SMILES string of the molecule is CCNC(=O)c1c(NC(=O)/C(N)=C/C=N)[nH]c2cc(N(C)C(=O)C3CCCCC3)ccc12. The number of H-pyrrole nitrogens is 1. The molecule has 3 rings (SSSR count). The summed E-state index contributed by atoms with van der Waals surface area (Å²) in [4.78, 5) is 42.7. The third-order valence-electron chi connectivity index (χ3n) is 5.78. The molecule has 0 saturated heterocycles. The molecule has 3 amide bonds. The summed E-state index contributed by atoms with van der Waals surface area (Å²) in [6.07, 6.45) is 7.23. The van der Waals surface area contributed by atoms with Crippen molar-refractivity contribution >= 4 is 46.3 Å². The van der Waals surface area contributed by atoms with E-state index in [1.807, 2.05) is 0 Å². The molecule has 0 aliphatic heterocycles. The summed E-state index contributed by atoms with van der Waals surface area (Å²) in [5.41, 5.74) is 7.11. The Morgan fingerprint density at radius 1 is 1.25 bits per heavy atom. The molecule has 9 heteroatoms. The van der Waals surface area contributed by atoms with Gasteiger partial charge in [-0.25, -0.2) is 0 Å². The molecule has 6 N–H and O–H groups in total. The molecule has 1 aromatic heterocycles. The van der Waals surface area contributed by atoms with E-state index in [1.165, 1.54) is 6.42 Å². The van der Waals surface area contributed by atoms with Gasteiger partial charge in [0, 0.05) is 42.3 Å². The van der Waals surface area contributed by atoms with Crippen molar-refractivity contribution in [2.45, 2.75) is 39.0 Å². The van der Waals surface area contributed by atoms with Gasteiger partial charge in [-0.05, 0) is 44.0 Å². The largest absolute Gasteiger partial charge is 0.394 e. The minimum absolute atomic E-state index is 0.0393. The van der Waals surface area contributed by atoms with Crippen LogP contribution in [0.2, 0.25) is 0 Å². The van der Waals surface area contributed by atoms with Crippen molar-refractivity contribution in [3.8, 4) is 0 Å². The molecule has 2 aromatic rings.